The lowest BCUT2D eigenvalue weighted by Crippen LogP contribution is -2.37. The number of aliphatic hydroxyl groups excluding tert-OH is 1. The number of hydrogen-bond donors (Lipinski definition) is 4. The van der Waals surface area contributed by atoms with E-state index in [1.807, 2.05) is 0 Å². The van der Waals surface area contributed by atoms with Crippen LogP contribution in [0, 0.1) is 0 Å². The highest BCUT2D eigenvalue weighted by Crippen LogP contribution is 2.21. The van der Waals surface area contributed by atoms with Crippen LogP contribution in [0.5, 0.6) is 0 Å². The normalized spacial score (nSPS) is 14.9. The Balaban J connectivity index is 1.44. The summed E-state index contributed by atoms with van der Waals surface area (Å²) >= 11 is 6.00. The van der Waals surface area contributed by atoms with Gasteiger partial charge in [-0.1, -0.05) is 42.6 Å². The number of anilines is 1. The molecular formula is C20H24ClN5O4. The van der Waals surface area contributed by atoms with Crippen molar-refractivity contribution in [1.82, 2.24) is 20.4 Å². The third-order valence-electron chi connectivity index (χ3n) is 4.84. The van der Waals surface area contributed by atoms with Crippen LogP contribution in [0.2, 0.25) is 5.02 Å². The minimum atomic E-state index is -1.04. The molecule has 1 atom stereocenters. The second kappa shape index (κ2) is 10.2. The molecule has 2 aromatic rings. The lowest BCUT2D eigenvalue weighted by molar-refractivity contribution is -0.136. The van der Waals surface area contributed by atoms with Crippen molar-refractivity contribution in [2.24, 2.45) is 0 Å². The number of carbonyl (C=O) groups excluding carboxylic acids is 3. The summed E-state index contributed by atoms with van der Waals surface area (Å²) in [4.78, 5) is 36.1. The maximum atomic E-state index is 12.0. The quantitative estimate of drug-likeness (QED) is 0.491. The fourth-order valence-corrected chi connectivity index (χ4v) is 3.58. The number of nitrogens with zero attached hydrogens (tertiary/aromatic N) is 2. The number of rotatable bonds is 7. The standard InChI is InChI=1S/C20H24ClN5O4/c21-16-8-4-3-7-15(16)17(27)10-22-19(29)20(30)25-14-9-23-26(11-14)12-18(28)24-13-5-1-2-6-13/h3-4,7-9,11,13,17,27H,1-2,5-6,10,12H2,(H,22,29)(H,24,28)(H,25,30)/t17-/m1/s1. The summed E-state index contributed by atoms with van der Waals surface area (Å²) in [5.41, 5.74) is 0.743. The van der Waals surface area contributed by atoms with Gasteiger partial charge in [0, 0.05) is 29.4 Å². The highest BCUT2D eigenvalue weighted by Gasteiger charge is 2.19. The molecule has 0 spiro atoms. The van der Waals surface area contributed by atoms with Crippen LogP contribution in [0.3, 0.4) is 0 Å². The molecule has 9 nitrogen and oxygen atoms in total. The van der Waals surface area contributed by atoms with E-state index in [0.29, 0.717) is 10.6 Å². The summed E-state index contributed by atoms with van der Waals surface area (Å²) in [6, 6.07) is 6.92. The first-order valence-corrected chi connectivity index (χ1v) is 10.1. The van der Waals surface area contributed by atoms with E-state index in [2.05, 4.69) is 21.0 Å². The van der Waals surface area contributed by atoms with Crippen molar-refractivity contribution in [3.63, 3.8) is 0 Å². The van der Waals surface area contributed by atoms with E-state index in [1.165, 1.54) is 17.1 Å². The third kappa shape index (κ3) is 6.04. The predicted octanol–water partition coefficient (Wildman–Crippen LogP) is 1.38. The summed E-state index contributed by atoms with van der Waals surface area (Å²) in [5.74, 6) is -1.96. The Bertz CT molecular complexity index is 910. The Kier molecular flexibility index (Phi) is 7.42. The van der Waals surface area contributed by atoms with Gasteiger partial charge in [-0.15, -0.1) is 0 Å². The molecule has 4 N–H and O–H groups in total. The molecule has 1 aromatic heterocycles. The molecule has 0 unspecified atom stereocenters. The Morgan fingerprint density at radius 2 is 1.93 bits per heavy atom. The molecule has 1 aliphatic rings. The van der Waals surface area contributed by atoms with Gasteiger partial charge in [0.2, 0.25) is 5.91 Å². The zero-order valence-electron chi connectivity index (χ0n) is 16.3. The van der Waals surface area contributed by atoms with Crippen LogP contribution in [0.25, 0.3) is 0 Å². The highest BCUT2D eigenvalue weighted by molar-refractivity contribution is 6.39. The molecule has 0 radical (unpaired) electrons. The van der Waals surface area contributed by atoms with Gasteiger partial charge in [-0.2, -0.15) is 5.10 Å². The van der Waals surface area contributed by atoms with Crippen molar-refractivity contribution < 1.29 is 19.5 Å². The van der Waals surface area contributed by atoms with E-state index in [0.717, 1.165) is 25.7 Å². The largest absolute Gasteiger partial charge is 0.387 e. The third-order valence-corrected chi connectivity index (χ3v) is 5.19. The molecule has 1 saturated carbocycles. The van der Waals surface area contributed by atoms with Crippen LogP contribution < -0.4 is 16.0 Å². The first-order valence-electron chi connectivity index (χ1n) is 9.76. The smallest absolute Gasteiger partial charge is 0.313 e. The summed E-state index contributed by atoms with van der Waals surface area (Å²) in [7, 11) is 0. The van der Waals surface area contributed by atoms with Crippen molar-refractivity contribution in [2.45, 2.75) is 44.4 Å². The van der Waals surface area contributed by atoms with Crippen molar-refractivity contribution in [3.8, 4) is 0 Å². The topological polar surface area (TPSA) is 125 Å². The van der Waals surface area contributed by atoms with Crippen molar-refractivity contribution in [3.05, 3.63) is 47.2 Å². The van der Waals surface area contributed by atoms with Crippen LogP contribution in [0.1, 0.15) is 37.4 Å². The Morgan fingerprint density at radius 1 is 1.20 bits per heavy atom. The molecule has 0 bridgehead atoms. The average molecular weight is 434 g/mol. The molecule has 1 aliphatic carbocycles. The minimum absolute atomic E-state index is 0.0304. The molecule has 3 amide bonds. The average Bonchev–Trinajstić information content (AvgIpc) is 3.38. The molecule has 30 heavy (non-hydrogen) atoms. The van der Waals surface area contributed by atoms with Crippen LogP contribution in [0.15, 0.2) is 36.7 Å². The number of benzene rings is 1. The molecule has 1 heterocycles. The van der Waals surface area contributed by atoms with Gasteiger partial charge in [-0.3, -0.25) is 19.1 Å². The lowest BCUT2D eigenvalue weighted by atomic mass is 10.1. The van der Waals surface area contributed by atoms with E-state index in [-0.39, 0.29) is 30.7 Å². The van der Waals surface area contributed by atoms with Gasteiger partial charge in [-0.05, 0) is 18.9 Å². The maximum absolute atomic E-state index is 12.0. The number of amides is 3. The summed E-state index contributed by atoms with van der Waals surface area (Å²) in [6.45, 7) is -0.140. The van der Waals surface area contributed by atoms with Gasteiger partial charge < -0.3 is 21.1 Å². The van der Waals surface area contributed by atoms with Gasteiger partial charge in [-0.25, -0.2) is 0 Å². The Labute approximate surface area is 178 Å². The van der Waals surface area contributed by atoms with E-state index in [4.69, 9.17) is 11.6 Å². The minimum Gasteiger partial charge on any atom is -0.387 e. The van der Waals surface area contributed by atoms with Crippen molar-refractivity contribution in [1.29, 1.82) is 0 Å². The van der Waals surface area contributed by atoms with Crippen molar-refractivity contribution >= 4 is 35.0 Å². The van der Waals surface area contributed by atoms with E-state index in [1.54, 1.807) is 24.3 Å². The van der Waals surface area contributed by atoms with Crippen LogP contribution >= 0.6 is 11.6 Å². The van der Waals surface area contributed by atoms with Gasteiger partial charge >= 0.3 is 11.8 Å². The van der Waals surface area contributed by atoms with Gasteiger partial charge in [0.05, 0.1) is 18.0 Å². The highest BCUT2D eigenvalue weighted by atomic mass is 35.5. The lowest BCUT2D eigenvalue weighted by Gasteiger charge is -2.13. The number of halogens is 1. The fraction of sp³-hybridized carbons (Fsp3) is 0.400. The molecule has 160 valence electrons. The van der Waals surface area contributed by atoms with Gasteiger partial charge in [0.1, 0.15) is 6.54 Å². The number of aliphatic hydroxyl groups is 1. The van der Waals surface area contributed by atoms with Crippen molar-refractivity contribution in [2.75, 3.05) is 11.9 Å². The number of hydrogen-bond acceptors (Lipinski definition) is 5. The summed E-state index contributed by atoms with van der Waals surface area (Å²) < 4.78 is 1.39. The molecule has 0 aliphatic heterocycles. The SMILES string of the molecule is O=C(Cn1cc(NC(=O)C(=O)NC[C@@H](O)c2ccccc2Cl)cn1)NC1CCCC1. The Morgan fingerprint density at radius 3 is 2.67 bits per heavy atom. The van der Waals surface area contributed by atoms with E-state index < -0.39 is 17.9 Å². The van der Waals surface area contributed by atoms with E-state index in [9.17, 15) is 19.5 Å². The zero-order chi connectivity index (χ0) is 21.5. The van der Waals surface area contributed by atoms with E-state index >= 15 is 0 Å². The first-order chi connectivity index (χ1) is 14.4. The first kappa shape index (κ1) is 21.8. The summed E-state index contributed by atoms with van der Waals surface area (Å²) in [6.07, 6.45) is 6.01. The number of aromatic nitrogens is 2. The monoisotopic (exact) mass is 433 g/mol. The van der Waals surface area contributed by atoms with Gasteiger partial charge in [0.25, 0.3) is 0 Å². The second-order valence-corrected chi connectivity index (χ2v) is 7.58. The number of carbonyl (C=O) groups is 3. The van der Waals surface area contributed by atoms with Crippen LogP contribution in [-0.4, -0.2) is 45.2 Å². The molecule has 1 fully saturated rings. The molecule has 0 saturated heterocycles. The van der Waals surface area contributed by atoms with Crippen LogP contribution in [0.4, 0.5) is 5.69 Å². The number of nitrogens with one attached hydrogen (secondary N) is 3. The summed E-state index contributed by atoms with van der Waals surface area (Å²) in [5, 5.41) is 22.2. The van der Waals surface area contributed by atoms with Gasteiger partial charge in [0.15, 0.2) is 0 Å². The predicted molar refractivity (Wildman–Crippen MR) is 111 cm³/mol. The molecule has 1 aromatic carbocycles. The maximum Gasteiger partial charge on any atom is 0.313 e. The zero-order valence-corrected chi connectivity index (χ0v) is 17.1. The molecular weight excluding hydrogens is 410 g/mol. The van der Waals surface area contributed by atoms with Crippen LogP contribution in [-0.2, 0) is 20.9 Å². The molecule has 10 heteroatoms. The fourth-order valence-electron chi connectivity index (χ4n) is 3.32. The Hall–Kier alpha value is -2.91. The molecule has 3 rings (SSSR count). The second-order valence-electron chi connectivity index (χ2n) is 7.18.